The van der Waals surface area contributed by atoms with Gasteiger partial charge in [-0.15, -0.1) is 0 Å². The normalized spacial score (nSPS) is 13.2. The fourth-order valence-electron chi connectivity index (χ4n) is 2.02. The molecule has 2 rings (SSSR count). The molecule has 0 saturated carbocycles. The van der Waals surface area contributed by atoms with Gasteiger partial charge < -0.3 is 15.0 Å². The van der Waals surface area contributed by atoms with Crippen LogP contribution < -0.4 is 5.32 Å². The van der Waals surface area contributed by atoms with E-state index in [4.69, 9.17) is 0 Å². The van der Waals surface area contributed by atoms with E-state index in [1.807, 2.05) is 37.0 Å². The van der Waals surface area contributed by atoms with Crippen LogP contribution in [0.5, 0.6) is 0 Å². The van der Waals surface area contributed by atoms with Crippen LogP contribution in [0.4, 0.5) is 0 Å². The zero-order valence-electron chi connectivity index (χ0n) is 9.37. The van der Waals surface area contributed by atoms with Crippen LogP contribution in [0.15, 0.2) is 28.9 Å². The lowest BCUT2D eigenvalue weighted by molar-refractivity contribution is 0.179. The number of aliphatic hydroxyl groups is 1. The van der Waals surface area contributed by atoms with Crippen molar-refractivity contribution in [1.29, 1.82) is 0 Å². The van der Waals surface area contributed by atoms with Gasteiger partial charge in [0.25, 0.3) is 0 Å². The highest BCUT2D eigenvalue weighted by Crippen LogP contribution is 2.30. The maximum absolute atomic E-state index is 10.1. The first-order valence-electron chi connectivity index (χ1n) is 5.21. The van der Waals surface area contributed by atoms with Crippen LogP contribution in [0, 0.1) is 0 Å². The van der Waals surface area contributed by atoms with Gasteiger partial charge in [-0.25, -0.2) is 0 Å². The number of aromatic nitrogens is 1. The topological polar surface area (TPSA) is 37.2 Å². The number of rotatable bonds is 3. The van der Waals surface area contributed by atoms with Crippen molar-refractivity contribution in [3.8, 4) is 0 Å². The maximum Gasteiger partial charge on any atom is 0.0934 e. The van der Waals surface area contributed by atoms with Gasteiger partial charge >= 0.3 is 0 Å². The smallest absolute Gasteiger partial charge is 0.0934 e. The largest absolute Gasteiger partial charge is 0.387 e. The number of aryl methyl sites for hydroxylation is 1. The minimum atomic E-state index is -0.478. The Balaban J connectivity index is 2.61. The van der Waals surface area contributed by atoms with E-state index >= 15 is 0 Å². The van der Waals surface area contributed by atoms with E-state index in [0.717, 1.165) is 20.9 Å². The third-order valence-electron chi connectivity index (χ3n) is 2.74. The average Bonchev–Trinajstić information content (AvgIpc) is 2.55. The molecule has 0 radical (unpaired) electrons. The number of aliphatic hydroxyl groups excluding tert-OH is 1. The second-order valence-electron chi connectivity index (χ2n) is 3.90. The summed E-state index contributed by atoms with van der Waals surface area (Å²) in [5.41, 5.74) is 2.04. The highest BCUT2D eigenvalue weighted by atomic mass is 79.9. The van der Waals surface area contributed by atoms with Crippen LogP contribution in [-0.2, 0) is 7.05 Å². The van der Waals surface area contributed by atoms with E-state index in [2.05, 4.69) is 27.3 Å². The fourth-order valence-corrected chi connectivity index (χ4v) is 2.65. The van der Waals surface area contributed by atoms with Crippen LogP contribution in [0.25, 0.3) is 10.9 Å². The first-order chi connectivity index (χ1) is 7.65. The summed E-state index contributed by atoms with van der Waals surface area (Å²) in [5.74, 6) is 0. The van der Waals surface area contributed by atoms with E-state index < -0.39 is 6.10 Å². The highest BCUT2D eigenvalue weighted by molar-refractivity contribution is 9.10. The SMILES string of the molecule is CNCC(O)c1cccc2c(Br)cn(C)c12. The van der Waals surface area contributed by atoms with E-state index in [-0.39, 0.29) is 0 Å². The van der Waals surface area contributed by atoms with Gasteiger partial charge in [0.15, 0.2) is 0 Å². The molecule has 2 aromatic rings. The zero-order valence-corrected chi connectivity index (χ0v) is 11.0. The summed E-state index contributed by atoms with van der Waals surface area (Å²) in [4.78, 5) is 0. The zero-order chi connectivity index (χ0) is 11.7. The number of fused-ring (bicyclic) bond motifs is 1. The van der Waals surface area contributed by atoms with Crippen molar-refractivity contribution in [2.75, 3.05) is 13.6 Å². The van der Waals surface area contributed by atoms with Crippen molar-refractivity contribution >= 4 is 26.8 Å². The molecule has 0 fully saturated rings. The van der Waals surface area contributed by atoms with E-state index in [9.17, 15) is 5.11 Å². The quantitative estimate of drug-likeness (QED) is 0.906. The van der Waals surface area contributed by atoms with Crippen molar-refractivity contribution in [1.82, 2.24) is 9.88 Å². The van der Waals surface area contributed by atoms with Crippen molar-refractivity contribution < 1.29 is 5.11 Å². The standard InChI is InChI=1S/C12H15BrN2O/c1-14-6-11(16)9-5-3-4-8-10(13)7-15(2)12(8)9/h3-5,7,11,14,16H,6H2,1-2H3. The number of nitrogens with one attached hydrogen (secondary N) is 1. The van der Waals surface area contributed by atoms with Crippen LogP contribution in [0.3, 0.4) is 0 Å². The number of hydrogen-bond donors (Lipinski definition) is 2. The predicted octanol–water partition coefficient (Wildman–Crippen LogP) is 2.19. The number of benzene rings is 1. The van der Waals surface area contributed by atoms with Gasteiger partial charge in [-0.1, -0.05) is 18.2 Å². The van der Waals surface area contributed by atoms with Gasteiger partial charge in [-0.3, -0.25) is 0 Å². The fraction of sp³-hybridized carbons (Fsp3) is 0.333. The Hall–Kier alpha value is -0.840. The molecule has 0 aliphatic carbocycles. The van der Waals surface area contributed by atoms with Gasteiger partial charge in [0.1, 0.15) is 0 Å². The van der Waals surface area contributed by atoms with Crippen LogP contribution >= 0.6 is 15.9 Å². The third-order valence-corrected chi connectivity index (χ3v) is 3.37. The van der Waals surface area contributed by atoms with Crippen molar-refractivity contribution in [2.24, 2.45) is 7.05 Å². The number of halogens is 1. The lowest BCUT2D eigenvalue weighted by Gasteiger charge is -2.12. The molecule has 0 saturated heterocycles. The Morgan fingerprint density at radius 2 is 2.25 bits per heavy atom. The molecule has 0 spiro atoms. The monoisotopic (exact) mass is 282 g/mol. The lowest BCUT2D eigenvalue weighted by atomic mass is 10.1. The van der Waals surface area contributed by atoms with Gasteiger partial charge in [0.2, 0.25) is 0 Å². The lowest BCUT2D eigenvalue weighted by Crippen LogP contribution is -2.17. The molecule has 0 aliphatic rings. The number of para-hydroxylation sites is 1. The molecule has 16 heavy (non-hydrogen) atoms. The molecule has 1 aromatic carbocycles. The molecule has 1 aromatic heterocycles. The molecule has 1 heterocycles. The summed E-state index contributed by atoms with van der Waals surface area (Å²) in [7, 11) is 3.83. The molecule has 4 heteroatoms. The van der Waals surface area contributed by atoms with Crippen LogP contribution in [-0.4, -0.2) is 23.3 Å². The molecule has 0 bridgehead atoms. The van der Waals surface area contributed by atoms with Crippen molar-refractivity contribution in [3.63, 3.8) is 0 Å². The maximum atomic E-state index is 10.1. The molecular weight excluding hydrogens is 268 g/mol. The first kappa shape index (κ1) is 11.6. The molecule has 1 unspecified atom stereocenters. The Bertz CT molecular complexity index is 507. The summed E-state index contributed by atoms with van der Waals surface area (Å²) in [6.07, 6.45) is 1.54. The summed E-state index contributed by atoms with van der Waals surface area (Å²) in [6, 6.07) is 5.99. The highest BCUT2D eigenvalue weighted by Gasteiger charge is 2.14. The Kier molecular flexibility index (Phi) is 3.33. The van der Waals surface area contributed by atoms with Crippen LogP contribution in [0.1, 0.15) is 11.7 Å². The van der Waals surface area contributed by atoms with E-state index in [0.29, 0.717) is 6.54 Å². The predicted molar refractivity (Wildman–Crippen MR) is 69.5 cm³/mol. The molecule has 3 nitrogen and oxygen atoms in total. The van der Waals surface area contributed by atoms with Gasteiger partial charge in [-0.05, 0) is 23.0 Å². The minimum absolute atomic E-state index is 0.478. The summed E-state index contributed by atoms with van der Waals surface area (Å²) in [5, 5.41) is 14.2. The summed E-state index contributed by atoms with van der Waals surface area (Å²) < 4.78 is 3.09. The Morgan fingerprint density at radius 1 is 1.50 bits per heavy atom. The van der Waals surface area contributed by atoms with Gasteiger partial charge in [0, 0.05) is 35.2 Å². The van der Waals surface area contributed by atoms with E-state index in [1.165, 1.54) is 0 Å². The number of nitrogens with zero attached hydrogens (tertiary/aromatic N) is 1. The van der Waals surface area contributed by atoms with Crippen molar-refractivity contribution in [2.45, 2.75) is 6.10 Å². The number of hydrogen-bond acceptors (Lipinski definition) is 2. The van der Waals surface area contributed by atoms with E-state index in [1.54, 1.807) is 0 Å². The molecule has 0 amide bonds. The Labute approximate surface area is 103 Å². The molecular formula is C12H15BrN2O. The molecule has 86 valence electrons. The van der Waals surface area contributed by atoms with Gasteiger partial charge in [-0.2, -0.15) is 0 Å². The Morgan fingerprint density at radius 3 is 2.94 bits per heavy atom. The first-order valence-corrected chi connectivity index (χ1v) is 6.00. The minimum Gasteiger partial charge on any atom is -0.387 e. The van der Waals surface area contributed by atoms with Gasteiger partial charge in [0.05, 0.1) is 11.6 Å². The second kappa shape index (κ2) is 4.57. The van der Waals surface area contributed by atoms with Crippen LogP contribution in [0.2, 0.25) is 0 Å². The second-order valence-corrected chi connectivity index (χ2v) is 4.76. The molecule has 1 atom stereocenters. The molecule has 2 N–H and O–H groups in total. The summed E-state index contributed by atoms with van der Waals surface area (Å²) in [6.45, 7) is 0.557. The molecule has 0 aliphatic heterocycles. The summed E-state index contributed by atoms with van der Waals surface area (Å²) >= 11 is 3.52. The third kappa shape index (κ3) is 1.88. The number of likely N-dealkylation sites (N-methyl/N-ethyl adjacent to an activating group) is 1. The van der Waals surface area contributed by atoms with Crippen molar-refractivity contribution in [3.05, 3.63) is 34.4 Å². The average molecular weight is 283 g/mol.